The summed E-state index contributed by atoms with van der Waals surface area (Å²) in [6.45, 7) is 6.08. The van der Waals surface area contributed by atoms with Crippen molar-refractivity contribution < 1.29 is 39.8 Å². The standard InChI is InChI=1S/C18H15P.C12H9.C9H12N2O.C9H12N2.Na.H2O/c1-4-10-16(11-5-1)19(17-12-6-2-7-13-17)18-14-8-3-9-15-18;1-3-7-11(8-4-1)12-9-5-2-6-10-12;1-3-10-4-2-9(1)11-5-7-12-8-6-11;1-2-8-11(7-1)9-3-5-10-6-4-9;;/h1-15H;1-9H;1-4H,5-8H2;3-6H,1-2,7-8H2;;1H2/q;-1;;;+1;/p-1. The molecule has 0 radical (unpaired) electrons. The Balaban J connectivity index is 0.000000168. The zero-order chi connectivity index (χ0) is 36.9. The Kier molecular flexibility index (Phi) is 20.1. The third-order valence-electron chi connectivity index (χ3n) is 9.01. The topological polar surface area (TPSA) is 71.5 Å². The first-order chi connectivity index (χ1) is 26.8. The number of benzene rings is 5. The van der Waals surface area contributed by atoms with E-state index in [1.54, 1.807) is 0 Å². The summed E-state index contributed by atoms with van der Waals surface area (Å²) in [6, 6.07) is 62.0. The summed E-state index contributed by atoms with van der Waals surface area (Å²) in [4.78, 5) is 12.7. The van der Waals surface area contributed by atoms with E-state index < -0.39 is 7.92 Å². The van der Waals surface area contributed by atoms with Crippen LogP contribution in [0.25, 0.3) is 11.1 Å². The van der Waals surface area contributed by atoms with E-state index in [4.69, 9.17) is 4.74 Å². The number of rotatable bonds is 6. The van der Waals surface area contributed by atoms with Gasteiger partial charge in [0.05, 0.1) is 13.2 Å². The number of anilines is 2. The number of ether oxygens (including phenoxy) is 1. The molecule has 6 nitrogen and oxygen atoms in total. The molecule has 8 heteroatoms. The summed E-state index contributed by atoms with van der Waals surface area (Å²) in [6.07, 6.45) is 10.0. The van der Waals surface area contributed by atoms with Gasteiger partial charge in [-0.3, -0.25) is 9.97 Å². The Hall–Kier alpha value is -4.65. The van der Waals surface area contributed by atoms with E-state index >= 15 is 0 Å². The van der Waals surface area contributed by atoms with Gasteiger partial charge in [0, 0.05) is 62.3 Å². The molecular weight excluding hydrogens is 719 g/mol. The molecule has 5 aromatic carbocycles. The zero-order valence-corrected chi connectivity index (χ0v) is 35.1. The maximum atomic E-state index is 5.26. The molecule has 4 heterocycles. The van der Waals surface area contributed by atoms with Gasteiger partial charge >= 0.3 is 29.6 Å². The van der Waals surface area contributed by atoms with E-state index in [-0.39, 0.29) is 35.0 Å². The number of hydrogen-bond donors (Lipinski definition) is 0. The predicted octanol–water partition coefficient (Wildman–Crippen LogP) is 6.03. The van der Waals surface area contributed by atoms with E-state index in [1.807, 2.05) is 73.3 Å². The molecule has 0 aliphatic carbocycles. The van der Waals surface area contributed by atoms with Gasteiger partial charge in [0.1, 0.15) is 0 Å². The second kappa shape index (κ2) is 25.5. The van der Waals surface area contributed by atoms with Gasteiger partial charge in [0.15, 0.2) is 0 Å². The Bertz CT molecular complexity index is 1860. The van der Waals surface area contributed by atoms with E-state index in [1.165, 1.54) is 58.8 Å². The summed E-state index contributed by atoms with van der Waals surface area (Å²) in [5.41, 5.74) is 4.93. The van der Waals surface area contributed by atoms with Crippen LogP contribution in [0, 0.1) is 6.07 Å². The molecule has 1 N–H and O–H groups in total. The number of nitrogens with zero attached hydrogens (tertiary/aromatic N) is 4. The minimum Gasteiger partial charge on any atom is -0.870 e. The summed E-state index contributed by atoms with van der Waals surface area (Å²) in [7, 11) is -0.446. The second-order valence-corrected chi connectivity index (χ2v) is 14.9. The van der Waals surface area contributed by atoms with Crippen LogP contribution in [0.15, 0.2) is 195 Å². The van der Waals surface area contributed by atoms with Crippen LogP contribution in [0.4, 0.5) is 11.4 Å². The molecule has 0 spiro atoms. The molecule has 7 aromatic rings. The fraction of sp³-hybridized carbons (Fsp3) is 0.167. The van der Waals surface area contributed by atoms with Gasteiger partial charge in [-0.15, -0.1) is 35.9 Å². The predicted molar refractivity (Wildman–Crippen MR) is 231 cm³/mol. The smallest absolute Gasteiger partial charge is 0.870 e. The first-order valence-electron chi connectivity index (χ1n) is 18.7. The van der Waals surface area contributed by atoms with Crippen LogP contribution in [0.2, 0.25) is 0 Å². The van der Waals surface area contributed by atoms with Gasteiger partial charge in [-0.05, 0) is 60.9 Å². The van der Waals surface area contributed by atoms with Crippen molar-refractivity contribution in [3.63, 3.8) is 0 Å². The van der Waals surface area contributed by atoms with Crippen molar-refractivity contribution in [3.8, 4) is 11.1 Å². The molecule has 2 saturated heterocycles. The Labute approximate surface area is 356 Å². The molecule has 0 amide bonds. The molecule has 2 aliphatic heterocycles. The minimum absolute atomic E-state index is 0. The van der Waals surface area contributed by atoms with E-state index in [0.717, 1.165) is 31.9 Å². The average Bonchev–Trinajstić information content (AvgIpc) is 3.83. The van der Waals surface area contributed by atoms with Crippen LogP contribution in [0.1, 0.15) is 12.8 Å². The number of morpholine rings is 1. The van der Waals surface area contributed by atoms with Gasteiger partial charge < -0.3 is 20.0 Å². The molecule has 0 saturated carbocycles. The van der Waals surface area contributed by atoms with Gasteiger partial charge in [-0.1, -0.05) is 127 Å². The van der Waals surface area contributed by atoms with Crippen LogP contribution in [0.3, 0.4) is 0 Å². The third-order valence-corrected chi connectivity index (χ3v) is 11.5. The quantitative estimate of drug-likeness (QED) is 0.117. The maximum Gasteiger partial charge on any atom is 1.00 e. The van der Waals surface area contributed by atoms with Crippen molar-refractivity contribution in [3.05, 3.63) is 201 Å². The second-order valence-electron chi connectivity index (χ2n) is 12.7. The molecule has 2 fully saturated rings. The fourth-order valence-corrected chi connectivity index (χ4v) is 8.58. The van der Waals surface area contributed by atoms with Crippen molar-refractivity contribution in [2.45, 2.75) is 12.8 Å². The van der Waals surface area contributed by atoms with Gasteiger partial charge in [-0.25, -0.2) is 0 Å². The van der Waals surface area contributed by atoms with Gasteiger partial charge in [0.25, 0.3) is 0 Å². The summed E-state index contributed by atoms with van der Waals surface area (Å²) in [5.74, 6) is 0. The number of pyridine rings is 2. The largest absolute Gasteiger partial charge is 1.00 e. The zero-order valence-electron chi connectivity index (χ0n) is 32.2. The van der Waals surface area contributed by atoms with Crippen molar-refractivity contribution >= 4 is 35.2 Å². The Morgan fingerprint density at radius 2 is 0.857 bits per heavy atom. The van der Waals surface area contributed by atoms with Crippen molar-refractivity contribution in [2.75, 3.05) is 49.2 Å². The summed E-state index contributed by atoms with van der Waals surface area (Å²) < 4.78 is 5.26. The van der Waals surface area contributed by atoms with E-state index in [0.29, 0.717) is 0 Å². The molecule has 0 unspecified atom stereocenters. The monoisotopic (exact) mass is 767 g/mol. The van der Waals surface area contributed by atoms with Crippen LogP contribution in [-0.2, 0) is 4.74 Å². The van der Waals surface area contributed by atoms with Crippen LogP contribution < -0.4 is 55.3 Å². The first-order valence-corrected chi connectivity index (χ1v) is 20.0. The summed E-state index contributed by atoms with van der Waals surface area (Å²) >= 11 is 0. The van der Waals surface area contributed by atoms with Crippen LogP contribution >= 0.6 is 7.92 Å². The van der Waals surface area contributed by atoms with E-state index in [2.05, 4.69) is 147 Å². The van der Waals surface area contributed by atoms with Gasteiger partial charge in [-0.2, -0.15) is 0 Å². The fourth-order valence-electron chi connectivity index (χ4n) is 6.28. The Morgan fingerprint density at radius 3 is 1.27 bits per heavy atom. The van der Waals surface area contributed by atoms with Crippen LogP contribution in [-0.4, -0.2) is 54.8 Å². The molecular formula is C48H49N4NaO2P-. The molecule has 0 atom stereocenters. The third kappa shape index (κ3) is 14.1. The van der Waals surface area contributed by atoms with Gasteiger partial charge in [0.2, 0.25) is 0 Å². The number of hydrogen-bond acceptors (Lipinski definition) is 6. The maximum absolute atomic E-state index is 5.26. The number of aromatic nitrogens is 2. The van der Waals surface area contributed by atoms with Crippen LogP contribution in [0.5, 0.6) is 0 Å². The SMILES string of the molecule is [Na+].[OH-].[c-]1ccccc1-c1ccccc1.c1cc(N2CCCC2)ccn1.c1cc(N2CCOCC2)ccn1.c1ccc(P(c2ccccc2)c2ccccc2)cc1. The molecule has 9 rings (SSSR count). The normalized spacial score (nSPS) is 12.9. The molecule has 2 aliphatic rings. The molecule has 280 valence electrons. The van der Waals surface area contributed by atoms with Crippen molar-refractivity contribution in [2.24, 2.45) is 0 Å². The van der Waals surface area contributed by atoms with Crippen molar-refractivity contribution in [1.82, 2.24) is 9.97 Å². The summed E-state index contributed by atoms with van der Waals surface area (Å²) in [5, 5.41) is 4.19. The van der Waals surface area contributed by atoms with Crippen molar-refractivity contribution in [1.29, 1.82) is 0 Å². The first kappa shape index (κ1) is 44.1. The average molecular weight is 768 g/mol. The van der Waals surface area contributed by atoms with E-state index in [9.17, 15) is 0 Å². The molecule has 0 bridgehead atoms. The molecule has 56 heavy (non-hydrogen) atoms. The molecule has 2 aromatic heterocycles. The minimum atomic E-state index is -0.446. The Morgan fingerprint density at radius 1 is 0.464 bits per heavy atom.